The van der Waals surface area contributed by atoms with Gasteiger partial charge in [-0.15, -0.1) is 0 Å². The van der Waals surface area contributed by atoms with E-state index in [1.54, 1.807) is 18.2 Å². The van der Waals surface area contributed by atoms with Crippen LogP contribution in [0.5, 0.6) is 0 Å². The van der Waals surface area contributed by atoms with Crippen LogP contribution in [-0.4, -0.2) is 70.5 Å². The second kappa shape index (κ2) is 14.3. The molecule has 0 aliphatic carbocycles. The number of pyridine rings is 1. The molecule has 5 N–H and O–H groups in total. The molecule has 12 nitrogen and oxygen atoms in total. The Morgan fingerprint density at radius 3 is 2.10 bits per heavy atom. The first-order chi connectivity index (χ1) is 23.0. The van der Waals surface area contributed by atoms with Crippen molar-refractivity contribution < 1.29 is 52.1 Å². The van der Waals surface area contributed by atoms with Gasteiger partial charge in [0.1, 0.15) is 6.61 Å². The number of nitrogens with one attached hydrogen (secondary N) is 1. The number of aromatic nitrogens is 1. The molecule has 4 aromatic rings. The van der Waals surface area contributed by atoms with E-state index in [4.69, 9.17) is 10.5 Å². The van der Waals surface area contributed by atoms with E-state index in [2.05, 4.69) is 10.3 Å². The van der Waals surface area contributed by atoms with E-state index >= 15 is 0 Å². The molecule has 0 saturated carbocycles. The lowest BCUT2D eigenvalue weighted by atomic mass is 9.84. The third-order valence-electron chi connectivity index (χ3n) is 7.42. The number of alkyl halides is 3. The van der Waals surface area contributed by atoms with Crippen LogP contribution in [0.1, 0.15) is 37.5 Å². The molecule has 1 heterocycles. The molecule has 0 atom stereocenters. The Morgan fingerprint density at radius 2 is 1.53 bits per heavy atom. The van der Waals surface area contributed by atoms with Crippen LogP contribution in [0.25, 0.3) is 11.1 Å². The van der Waals surface area contributed by atoms with Crippen molar-refractivity contribution in [1.29, 1.82) is 0 Å². The maximum absolute atomic E-state index is 13.5. The Hall–Kier alpha value is -6.25. The molecule has 4 rings (SSSR count). The second-order valence-electron chi connectivity index (χ2n) is 11.0. The number of amides is 2. The standard InChI is InChI=1S/C34H29F3N4O8/c1-41(2)30(44)25-15-19(16-28(42)49-18-33(31(45)46,32(47)48)27-14-12-22(38)17-39-27)7-13-26(25)40-29(43)24-6-4-3-5-23(24)20-8-10-21(11-9-20)34(35,36)37/h3-15,17H,16,18,38H2,1-2H3,(H,40,43)(H,45,46)(H,47,48). The summed E-state index contributed by atoms with van der Waals surface area (Å²) in [5, 5.41) is 22.3. The number of nitrogens with zero attached hydrogens (tertiary/aromatic N) is 2. The Bertz CT molecular complexity index is 1900. The molecule has 1 aromatic heterocycles. The first-order valence-corrected chi connectivity index (χ1v) is 14.3. The van der Waals surface area contributed by atoms with Crippen molar-refractivity contribution in [2.75, 3.05) is 31.8 Å². The molecule has 3 aromatic carbocycles. The minimum atomic E-state index is -4.54. The first-order valence-electron chi connectivity index (χ1n) is 14.3. The van der Waals surface area contributed by atoms with E-state index in [-0.39, 0.29) is 28.1 Å². The number of hydrogen-bond acceptors (Lipinski definition) is 8. The van der Waals surface area contributed by atoms with Gasteiger partial charge in [0.2, 0.25) is 5.41 Å². The number of hydrogen-bond donors (Lipinski definition) is 4. The van der Waals surface area contributed by atoms with Gasteiger partial charge in [-0.2, -0.15) is 13.2 Å². The zero-order chi connectivity index (χ0) is 36.1. The van der Waals surface area contributed by atoms with Crippen molar-refractivity contribution >= 4 is 41.1 Å². The van der Waals surface area contributed by atoms with Crippen molar-refractivity contribution in [1.82, 2.24) is 9.88 Å². The largest absolute Gasteiger partial charge is 0.480 e. The Morgan fingerprint density at radius 1 is 0.878 bits per heavy atom. The third-order valence-corrected chi connectivity index (χ3v) is 7.42. The normalized spacial score (nSPS) is 11.4. The number of halogens is 3. The topological polar surface area (TPSA) is 189 Å². The molecule has 0 radical (unpaired) electrons. The monoisotopic (exact) mass is 678 g/mol. The van der Waals surface area contributed by atoms with Crippen LogP contribution in [0.15, 0.2) is 85.1 Å². The number of ether oxygens (including phenoxy) is 1. The summed E-state index contributed by atoms with van der Waals surface area (Å²) in [6.07, 6.45) is -3.98. The van der Waals surface area contributed by atoms with Gasteiger partial charge in [-0.25, -0.2) is 0 Å². The summed E-state index contributed by atoms with van der Waals surface area (Å²) in [6, 6.07) is 16.9. The zero-order valence-electron chi connectivity index (χ0n) is 25.9. The molecule has 2 amide bonds. The van der Waals surface area contributed by atoms with Crippen molar-refractivity contribution in [2.45, 2.75) is 18.0 Å². The van der Waals surface area contributed by atoms with Crippen molar-refractivity contribution in [2.24, 2.45) is 0 Å². The average Bonchev–Trinajstić information content (AvgIpc) is 3.05. The lowest BCUT2D eigenvalue weighted by Crippen LogP contribution is -2.49. The summed E-state index contributed by atoms with van der Waals surface area (Å²) < 4.78 is 44.3. The van der Waals surface area contributed by atoms with Gasteiger partial charge in [-0.05, 0) is 59.2 Å². The Kier molecular flexibility index (Phi) is 10.4. The molecule has 0 fully saturated rings. The molecule has 49 heavy (non-hydrogen) atoms. The number of carboxylic acids is 2. The fraction of sp³-hybridized carbons (Fsp3) is 0.176. The highest BCUT2D eigenvalue weighted by Crippen LogP contribution is 2.32. The Balaban J connectivity index is 1.58. The Labute approximate surface area is 276 Å². The van der Waals surface area contributed by atoms with Crippen LogP contribution in [0, 0.1) is 0 Å². The smallest absolute Gasteiger partial charge is 0.416 e. The minimum absolute atomic E-state index is 0.0350. The molecule has 15 heteroatoms. The number of carbonyl (C=O) groups excluding carboxylic acids is 3. The summed E-state index contributed by atoms with van der Waals surface area (Å²) in [5.74, 6) is -5.92. The number of aliphatic carboxylic acids is 2. The summed E-state index contributed by atoms with van der Waals surface area (Å²) in [6.45, 7) is -1.11. The van der Waals surface area contributed by atoms with Gasteiger partial charge >= 0.3 is 24.1 Å². The molecule has 0 spiro atoms. The predicted molar refractivity (Wildman–Crippen MR) is 170 cm³/mol. The second-order valence-corrected chi connectivity index (χ2v) is 11.0. The van der Waals surface area contributed by atoms with E-state index in [9.17, 15) is 47.4 Å². The molecule has 0 aliphatic heterocycles. The van der Waals surface area contributed by atoms with Crippen LogP contribution in [0.4, 0.5) is 24.5 Å². The third kappa shape index (κ3) is 7.84. The van der Waals surface area contributed by atoms with Crippen molar-refractivity contribution in [3.8, 4) is 11.1 Å². The fourth-order valence-corrected chi connectivity index (χ4v) is 4.76. The van der Waals surface area contributed by atoms with Gasteiger partial charge in [-0.1, -0.05) is 36.4 Å². The van der Waals surface area contributed by atoms with Gasteiger partial charge in [0.25, 0.3) is 11.8 Å². The predicted octanol–water partition coefficient (Wildman–Crippen LogP) is 4.50. The molecule has 0 saturated heterocycles. The molecular formula is C34H29F3N4O8. The zero-order valence-corrected chi connectivity index (χ0v) is 25.9. The number of rotatable bonds is 11. The summed E-state index contributed by atoms with van der Waals surface area (Å²) >= 11 is 0. The quantitative estimate of drug-likeness (QED) is 0.130. The molecule has 0 aliphatic rings. The first kappa shape index (κ1) is 35.6. The number of nitrogen functional groups attached to an aromatic ring is 1. The summed E-state index contributed by atoms with van der Waals surface area (Å²) in [4.78, 5) is 68.7. The van der Waals surface area contributed by atoms with Gasteiger partial charge in [0.05, 0.1) is 40.8 Å². The van der Waals surface area contributed by atoms with E-state index in [1.807, 2.05) is 0 Å². The minimum Gasteiger partial charge on any atom is -0.480 e. The summed E-state index contributed by atoms with van der Waals surface area (Å²) in [5.41, 5.74) is 2.72. The maximum Gasteiger partial charge on any atom is 0.416 e. The number of benzene rings is 3. The molecular weight excluding hydrogens is 649 g/mol. The number of esters is 1. The van der Waals surface area contributed by atoms with Crippen molar-refractivity contribution in [3.05, 3.63) is 113 Å². The van der Waals surface area contributed by atoms with Gasteiger partial charge in [0, 0.05) is 19.7 Å². The molecule has 0 bridgehead atoms. The fourth-order valence-electron chi connectivity index (χ4n) is 4.76. The van der Waals surface area contributed by atoms with Crippen LogP contribution in [-0.2, 0) is 37.1 Å². The van der Waals surface area contributed by atoms with E-state index in [0.29, 0.717) is 11.1 Å². The van der Waals surface area contributed by atoms with Crippen molar-refractivity contribution in [3.63, 3.8) is 0 Å². The summed E-state index contributed by atoms with van der Waals surface area (Å²) in [7, 11) is 2.91. The van der Waals surface area contributed by atoms with Crippen LogP contribution < -0.4 is 11.1 Å². The van der Waals surface area contributed by atoms with Gasteiger partial charge in [-0.3, -0.25) is 29.0 Å². The molecule has 0 unspecified atom stereocenters. The average molecular weight is 679 g/mol. The highest BCUT2D eigenvalue weighted by Gasteiger charge is 2.51. The maximum atomic E-state index is 13.5. The van der Waals surface area contributed by atoms with Gasteiger partial charge in [0.15, 0.2) is 0 Å². The highest BCUT2D eigenvalue weighted by molar-refractivity contribution is 6.12. The van der Waals surface area contributed by atoms with Crippen LogP contribution >= 0.6 is 0 Å². The number of carboxylic acid groups (broad SMARTS) is 2. The number of carbonyl (C=O) groups is 5. The lowest BCUT2D eigenvalue weighted by Gasteiger charge is -2.24. The van der Waals surface area contributed by atoms with E-state index in [1.165, 1.54) is 61.5 Å². The van der Waals surface area contributed by atoms with Crippen LogP contribution in [0.3, 0.4) is 0 Å². The number of nitrogens with two attached hydrogens (primary N) is 1. The SMILES string of the molecule is CN(C)C(=O)c1cc(CC(=O)OCC(C(=O)O)(C(=O)O)c2ccc(N)cn2)ccc1NC(=O)c1ccccc1-c1ccc(C(F)(F)F)cc1. The molecule has 254 valence electrons. The van der Waals surface area contributed by atoms with E-state index < -0.39 is 65.6 Å². The number of anilines is 2. The van der Waals surface area contributed by atoms with Gasteiger partial charge < -0.3 is 30.9 Å². The lowest BCUT2D eigenvalue weighted by molar-refractivity contribution is -0.164. The highest BCUT2D eigenvalue weighted by atomic mass is 19.4. The van der Waals surface area contributed by atoms with Crippen LogP contribution in [0.2, 0.25) is 0 Å². The van der Waals surface area contributed by atoms with E-state index in [0.717, 1.165) is 24.4 Å².